The van der Waals surface area contributed by atoms with Gasteiger partial charge in [0, 0.05) is 18.8 Å². The van der Waals surface area contributed by atoms with Crippen molar-refractivity contribution >= 4 is 36.4 Å². The van der Waals surface area contributed by atoms with Crippen molar-refractivity contribution in [1.29, 1.82) is 0 Å². The van der Waals surface area contributed by atoms with Gasteiger partial charge in [-0.1, -0.05) is 24.3 Å². The third-order valence-electron chi connectivity index (χ3n) is 3.60. The summed E-state index contributed by atoms with van der Waals surface area (Å²) in [5, 5.41) is 2.88. The van der Waals surface area contributed by atoms with E-state index in [-0.39, 0.29) is 30.7 Å². The first kappa shape index (κ1) is 24.1. The van der Waals surface area contributed by atoms with Gasteiger partial charge in [0.1, 0.15) is 5.75 Å². The lowest BCUT2D eigenvalue weighted by Gasteiger charge is -2.11. The maximum atomic E-state index is 12.1. The maximum absolute atomic E-state index is 12.1. The molecule has 26 heavy (non-hydrogen) atoms. The first-order valence-electron chi connectivity index (χ1n) is 8.05. The van der Waals surface area contributed by atoms with Crippen molar-refractivity contribution in [2.75, 3.05) is 33.0 Å². The molecule has 0 aliphatic heterocycles. The van der Waals surface area contributed by atoms with E-state index in [1.807, 2.05) is 44.4 Å². The third-order valence-corrected chi connectivity index (χ3v) is 3.60. The average Bonchev–Trinajstić information content (AvgIpc) is 2.58. The topological polar surface area (TPSA) is 67.6 Å². The summed E-state index contributed by atoms with van der Waals surface area (Å²) >= 11 is 0. The zero-order chi connectivity index (χ0) is 17.4. The molecule has 0 aliphatic rings. The molecule has 0 atom stereocenters. The molecule has 2 aromatic carbocycles. The molecule has 7 heteroatoms. The van der Waals surface area contributed by atoms with Gasteiger partial charge < -0.3 is 20.7 Å². The molecule has 0 fully saturated rings. The summed E-state index contributed by atoms with van der Waals surface area (Å²) in [7, 11) is 4.10. The van der Waals surface area contributed by atoms with Crippen molar-refractivity contribution in [3.63, 3.8) is 0 Å². The molecule has 0 aliphatic carbocycles. The fourth-order valence-electron chi connectivity index (χ4n) is 2.26. The second-order valence-electron chi connectivity index (χ2n) is 5.92. The number of benzene rings is 2. The summed E-state index contributed by atoms with van der Waals surface area (Å²) < 4.78 is 5.69. The number of para-hydroxylation sites is 1. The third kappa shape index (κ3) is 7.95. The Morgan fingerprint density at radius 3 is 2.35 bits per heavy atom. The van der Waals surface area contributed by atoms with Crippen LogP contribution in [0.2, 0.25) is 0 Å². The van der Waals surface area contributed by atoms with Crippen LogP contribution in [0.3, 0.4) is 0 Å². The van der Waals surface area contributed by atoms with E-state index >= 15 is 0 Å². The first-order chi connectivity index (χ1) is 11.6. The van der Waals surface area contributed by atoms with Crippen LogP contribution in [0.15, 0.2) is 48.5 Å². The molecule has 3 N–H and O–H groups in total. The van der Waals surface area contributed by atoms with Gasteiger partial charge in [-0.3, -0.25) is 4.79 Å². The van der Waals surface area contributed by atoms with Gasteiger partial charge in [0.25, 0.3) is 5.91 Å². The van der Waals surface area contributed by atoms with Gasteiger partial charge in [-0.25, -0.2) is 0 Å². The highest BCUT2D eigenvalue weighted by Crippen LogP contribution is 2.13. The Morgan fingerprint density at radius 1 is 1.08 bits per heavy atom. The van der Waals surface area contributed by atoms with Crippen LogP contribution in [-0.4, -0.2) is 38.1 Å². The Kier molecular flexibility index (Phi) is 11.5. The van der Waals surface area contributed by atoms with Crippen molar-refractivity contribution in [3.8, 4) is 5.75 Å². The summed E-state index contributed by atoms with van der Waals surface area (Å²) in [5.41, 5.74) is 7.80. The largest absolute Gasteiger partial charge is 0.494 e. The highest BCUT2D eigenvalue weighted by Gasteiger charge is 2.08. The number of nitrogens with two attached hydrogens (primary N) is 1. The molecular weight excluding hydrogens is 373 g/mol. The summed E-state index contributed by atoms with van der Waals surface area (Å²) in [6.45, 7) is 2.16. The van der Waals surface area contributed by atoms with E-state index in [1.165, 1.54) is 0 Å². The number of amides is 1. The van der Waals surface area contributed by atoms with E-state index < -0.39 is 0 Å². The quantitative estimate of drug-likeness (QED) is 0.527. The Morgan fingerprint density at radius 2 is 1.73 bits per heavy atom. The fraction of sp³-hybridized carbons (Fsp3) is 0.316. The minimum atomic E-state index is -0.169. The van der Waals surface area contributed by atoms with Gasteiger partial charge in [-0.2, -0.15) is 0 Å². The van der Waals surface area contributed by atoms with Gasteiger partial charge in [-0.05, 0) is 50.3 Å². The minimum absolute atomic E-state index is 0. The normalized spacial score (nSPS) is 9.81. The van der Waals surface area contributed by atoms with Crippen LogP contribution >= 0.6 is 24.8 Å². The van der Waals surface area contributed by atoms with Crippen LogP contribution in [0.1, 0.15) is 22.3 Å². The van der Waals surface area contributed by atoms with E-state index in [9.17, 15) is 4.79 Å². The molecule has 0 bridgehead atoms. The fourth-order valence-corrected chi connectivity index (χ4v) is 2.26. The van der Waals surface area contributed by atoms with E-state index in [0.29, 0.717) is 24.4 Å². The van der Waals surface area contributed by atoms with E-state index in [4.69, 9.17) is 10.5 Å². The Balaban J connectivity index is 0.00000312. The SMILES string of the molecule is CN(C)CCCOc1ccc(CNC(=O)c2ccccc2N)cc1.Cl.Cl. The molecule has 0 saturated carbocycles. The second-order valence-corrected chi connectivity index (χ2v) is 5.92. The van der Waals surface area contributed by atoms with Gasteiger partial charge in [0.05, 0.1) is 12.2 Å². The first-order valence-corrected chi connectivity index (χ1v) is 8.05. The molecule has 2 aromatic rings. The minimum Gasteiger partial charge on any atom is -0.494 e. The number of hydrogen-bond donors (Lipinski definition) is 2. The van der Waals surface area contributed by atoms with Gasteiger partial charge in [0.15, 0.2) is 0 Å². The summed E-state index contributed by atoms with van der Waals surface area (Å²) in [6.07, 6.45) is 0.989. The number of rotatable bonds is 8. The van der Waals surface area contributed by atoms with Crippen LogP contribution < -0.4 is 15.8 Å². The molecular formula is C19H27Cl2N3O2. The van der Waals surface area contributed by atoms with Crippen LogP contribution in [0.5, 0.6) is 5.75 Å². The van der Waals surface area contributed by atoms with Crippen molar-refractivity contribution in [1.82, 2.24) is 10.2 Å². The van der Waals surface area contributed by atoms with Gasteiger partial charge in [-0.15, -0.1) is 24.8 Å². The standard InChI is InChI=1S/C19H25N3O2.2ClH/c1-22(2)12-5-13-24-16-10-8-15(9-11-16)14-21-19(23)17-6-3-4-7-18(17)20;;/h3-4,6-11H,5,12-14,20H2,1-2H3,(H,21,23);2*1H. The predicted molar refractivity (Wildman–Crippen MR) is 112 cm³/mol. The van der Waals surface area contributed by atoms with Crippen LogP contribution in [-0.2, 0) is 6.54 Å². The molecule has 0 spiro atoms. The lowest BCUT2D eigenvalue weighted by atomic mass is 10.1. The number of carbonyl (C=O) groups is 1. The number of halogens is 2. The highest BCUT2D eigenvalue weighted by molar-refractivity contribution is 5.98. The lowest BCUT2D eigenvalue weighted by Crippen LogP contribution is -2.23. The number of nitrogen functional groups attached to an aromatic ring is 1. The molecule has 0 unspecified atom stereocenters. The van der Waals surface area contributed by atoms with E-state index in [1.54, 1.807) is 18.2 Å². The zero-order valence-corrected chi connectivity index (χ0v) is 16.7. The van der Waals surface area contributed by atoms with Crippen LogP contribution in [0, 0.1) is 0 Å². The molecule has 2 rings (SSSR count). The van der Waals surface area contributed by atoms with Crippen molar-refractivity contribution in [2.24, 2.45) is 0 Å². The highest BCUT2D eigenvalue weighted by atomic mass is 35.5. The predicted octanol–water partition coefficient (Wildman–Crippen LogP) is 3.37. The summed E-state index contributed by atoms with van der Waals surface area (Å²) in [6, 6.07) is 14.8. The smallest absolute Gasteiger partial charge is 0.253 e. The molecule has 0 saturated heterocycles. The molecule has 0 radical (unpaired) electrons. The van der Waals surface area contributed by atoms with Crippen LogP contribution in [0.25, 0.3) is 0 Å². The monoisotopic (exact) mass is 399 g/mol. The molecule has 0 heterocycles. The summed E-state index contributed by atoms with van der Waals surface area (Å²) in [4.78, 5) is 14.2. The maximum Gasteiger partial charge on any atom is 0.253 e. The number of ether oxygens (including phenoxy) is 1. The van der Waals surface area contributed by atoms with Gasteiger partial charge in [0.2, 0.25) is 0 Å². The van der Waals surface area contributed by atoms with Crippen LogP contribution in [0.4, 0.5) is 5.69 Å². The number of anilines is 1. The summed E-state index contributed by atoms with van der Waals surface area (Å²) in [5.74, 6) is 0.674. The zero-order valence-electron chi connectivity index (χ0n) is 15.1. The number of hydrogen-bond acceptors (Lipinski definition) is 4. The number of nitrogens with zero attached hydrogens (tertiary/aromatic N) is 1. The molecule has 5 nitrogen and oxygen atoms in total. The molecule has 1 amide bonds. The average molecular weight is 400 g/mol. The second kappa shape index (κ2) is 12.4. The van der Waals surface area contributed by atoms with Crippen molar-refractivity contribution in [3.05, 3.63) is 59.7 Å². The molecule has 0 aromatic heterocycles. The van der Waals surface area contributed by atoms with Crippen molar-refractivity contribution < 1.29 is 9.53 Å². The van der Waals surface area contributed by atoms with Crippen molar-refractivity contribution in [2.45, 2.75) is 13.0 Å². The lowest BCUT2D eigenvalue weighted by molar-refractivity contribution is 0.0952. The number of carbonyl (C=O) groups excluding carboxylic acids is 1. The van der Waals surface area contributed by atoms with E-state index in [2.05, 4.69) is 10.2 Å². The Bertz CT molecular complexity index is 664. The Labute approximate surface area is 167 Å². The molecule has 144 valence electrons. The number of nitrogens with one attached hydrogen (secondary N) is 1. The Hall–Kier alpha value is -1.95. The van der Waals surface area contributed by atoms with Gasteiger partial charge >= 0.3 is 0 Å². The van der Waals surface area contributed by atoms with E-state index in [0.717, 1.165) is 24.3 Å².